The van der Waals surface area contributed by atoms with Gasteiger partial charge in [-0.1, -0.05) is 133 Å². The van der Waals surface area contributed by atoms with E-state index in [9.17, 15) is 0 Å². The molecule has 12 rings (SSSR count). The molecule has 0 N–H and O–H groups in total. The lowest BCUT2D eigenvalue weighted by molar-refractivity contribution is 1.08. The highest BCUT2D eigenvalue weighted by atomic mass is 15.2. The summed E-state index contributed by atoms with van der Waals surface area (Å²) in [6.45, 7) is 0. The first-order valence-corrected chi connectivity index (χ1v) is 18.4. The van der Waals surface area contributed by atoms with Gasteiger partial charge in [0.05, 0.1) is 33.6 Å². The van der Waals surface area contributed by atoms with Gasteiger partial charge in [-0.3, -0.25) is 4.57 Å². The topological polar surface area (TPSA) is 34.0 Å². The lowest BCUT2D eigenvalue weighted by Gasteiger charge is -2.35. The second-order valence-corrected chi connectivity index (χ2v) is 14.1. The van der Waals surface area contributed by atoms with Crippen LogP contribution in [0, 0.1) is 0 Å². The van der Waals surface area contributed by atoms with Crippen molar-refractivity contribution in [1.29, 1.82) is 0 Å². The molecule has 0 radical (unpaired) electrons. The van der Waals surface area contributed by atoms with Gasteiger partial charge in [-0.05, 0) is 75.6 Å². The second-order valence-electron chi connectivity index (χ2n) is 14.1. The van der Waals surface area contributed by atoms with E-state index in [0.717, 1.165) is 49.8 Å². The molecule has 3 heterocycles. The standard InChI is InChI=1S/C50H30N4/c1-2-16-33-31(13-1)27-29-46-48(33)40-22-11-14-32-15-12-26-45(47(32)40)53(46)44-30-28-38(34-17-3-4-18-35(34)44)49-51-41-23-8-5-21-39(41)50(52-49)54-42-24-9-6-19-36(42)37-20-7-10-25-43(37)54/h1-30H. The third-order valence-electron chi connectivity index (χ3n) is 11.3. The highest BCUT2D eigenvalue weighted by Gasteiger charge is 2.29. The largest absolute Gasteiger partial charge is 0.309 e. The molecule has 54 heavy (non-hydrogen) atoms. The Hall–Kier alpha value is -7.30. The molecule has 0 unspecified atom stereocenters. The summed E-state index contributed by atoms with van der Waals surface area (Å²) in [4.78, 5) is 13.2. The van der Waals surface area contributed by atoms with Crippen molar-refractivity contribution in [3.8, 4) is 28.3 Å². The van der Waals surface area contributed by atoms with E-state index in [1.54, 1.807) is 0 Å². The fourth-order valence-corrected chi connectivity index (χ4v) is 9.01. The molecule has 9 aromatic carbocycles. The molecule has 0 bridgehead atoms. The number of para-hydroxylation sites is 3. The third kappa shape index (κ3) is 4.02. The van der Waals surface area contributed by atoms with Crippen LogP contribution in [-0.4, -0.2) is 14.5 Å². The van der Waals surface area contributed by atoms with E-state index in [0.29, 0.717) is 5.82 Å². The molecule has 0 aliphatic carbocycles. The number of nitrogens with zero attached hydrogens (tertiary/aromatic N) is 4. The van der Waals surface area contributed by atoms with Crippen molar-refractivity contribution in [2.75, 3.05) is 4.90 Å². The lowest BCUT2D eigenvalue weighted by Crippen LogP contribution is -2.15. The maximum atomic E-state index is 5.48. The predicted octanol–water partition coefficient (Wildman–Crippen LogP) is 13.3. The van der Waals surface area contributed by atoms with Gasteiger partial charge >= 0.3 is 0 Å². The Morgan fingerprint density at radius 1 is 0.352 bits per heavy atom. The number of hydrogen-bond acceptors (Lipinski definition) is 3. The number of rotatable bonds is 3. The van der Waals surface area contributed by atoms with Crippen LogP contribution in [-0.2, 0) is 0 Å². The van der Waals surface area contributed by atoms with Crippen LogP contribution in [0.25, 0.3) is 93.4 Å². The van der Waals surface area contributed by atoms with Crippen molar-refractivity contribution in [1.82, 2.24) is 14.5 Å². The number of anilines is 3. The summed E-state index contributed by atoms with van der Waals surface area (Å²) in [5.41, 5.74) is 10.2. The predicted molar refractivity (Wildman–Crippen MR) is 226 cm³/mol. The molecule has 4 nitrogen and oxygen atoms in total. The molecule has 11 aromatic rings. The van der Waals surface area contributed by atoms with Gasteiger partial charge < -0.3 is 4.90 Å². The molecule has 0 saturated heterocycles. The minimum Gasteiger partial charge on any atom is -0.309 e. The highest BCUT2D eigenvalue weighted by molar-refractivity contribution is 6.21. The summed E-state index contributed by atoms with van der Waals surface area (Å²) in [5.74, 6) is 1.58. The Morgan fingerprint density at radius 3 is 1.76 bits per heavy atom. The smallest absolute Gasteiger partial charge is 0.162 e. The van der Waals surface area contributed by atoms with Crippen LogP contribution in [0.5, 0.6) is 0 Å². The lowest BCUT2D eigenvalue weighted by atomic mass is 9.87. The molecule has 0 atom stereocenters. The van der Waals surface area contributed by atoms with Crippen molar-refractivity contribution < 1.29 is 0 Å². The average molecular weight is 687 g/mol. The minimum atomic E-state index is 0.700. The van der Waals surface area contributed by atoms with Gasteiger partial charge in [-0.25, -0.2) is 9.97 Å². The zero-order valence-corrected chi connectivity index (χ0v) is 29.1. The molecular formula is C50H30N4. The minimum absolute atomic E-state index is 0.700. The number of fused-ring (bicyclic) bond motifs is 9. The van der Waals surface area contributed by atoms with E-state index >= 15 is 0 Å². The normalized spacial score (nSPS) is 12.4. The van der Waals surface area contributed by atoms with Crippen LogP contribution in [0.3, 0.4) is 0 Å². The van der Waals surface area contributed by atoms with E-state index in [1.807, 2.05) is 0 Å². The maximum Gasteiger partial charge on any atom is 0.162 e. The molecule has 1 aliphatic heterocycles. The second kappa shape index (κ2) is 11.1. The molecule has 1 aliphatic rings. The average Bonchev–Trinajstić information content (AvgIpc) is 3.57. The van der Waals surface area contributed by atoms with E-state index in [4.69, 9.17) is 9.97 Å². The SMILES string of the molecule is c1ccc2c3c(ccc2c1)N(c1ccc(-c2nc(-n4c5ccccc5c5ccccc54)c4ccccc4n2)c2ccccc12)c1cccc2cccc-3c12. The first kappa shape index (κ1) is 29.3. The van der Waals surface area contributed by atoms with Crippen molar-refractivity contribution in [3.63, 3.8) is 0 Å². The Bertz CT molecular complexity index is 3300. The Morgan fingerprint density at radius 2 is 0.963 bits per heavy atom. The van der Waals surface area contributed by atoms with E-state index in [2.05, 4.69) is 191 Å². The van der Waals surface area contributed by atoms with Gasteiger partial charge in [-0.2, -0.15) is 0 Å². The number of aromatic nitrogens is 3. The van der Waals surface area contributed by atoms with Crippen LogP contribution in [0.4, 0.5) is 17.1 Å². The Labute approximate surface area is 310 Å². The fourth-order valence-electron chi connectivity index (χ4n) is 9.01. The molecule has 0 amide bonds. The van der Waals surface area contributed by atoms with Gasteiger partial charge in [0.15, 0.2) is 5.82 Å². The molecule has 250 valence electrons. The van der Waals surface area contributed by atoms with E-state index < -0.39 is 0 Å². The van der Waals surface area contributed by atoms with E-state index in [1.165, 1.54) is 54.8 Å². The van der Waals surface area contributed by atoms with Crippen LogP contribution >= 0.6 is 0 Å². The van der Waals surface area contributed by atoms with Gasteiger partial charge in [0.25, 0.3) is 0 Å². The van der Waals surface area contributed by atoms with Crippen LogP contribution in [0.2, 0.25) is 0 Å². The zero-order chi connectivity index (χ0) is 35.3. The van der Waals surface area contributed by atoms with Crippen molar-refractivity contribution >= 4 is 82.1 Å². The Balaban J connectivity index is 1.13. The third-order valence-corrected chi connectivity index (χ3v) is 11.3. The van der Waals surface area contributed by atoms with Gasteiger partial charge in [0.1, 0.15) is 5.82 Å². The number of hydrogen-bond donors (Lipinski definition) is 0. The van der Waals surface area contributed by atoms with Crippen LogP contribution < -0.4 is 4.90 Å². The fraction of sp³-hybridized carbons (Fsp3) is 0. The summed E-state index contributed by atoms with van der Waals surface area (Å²) in [5, 5.41) is 10.7. The van der Waals surface area contributed by atoms with Gasteiger partial charge in [-0.15, -0.1) is 0 Å². The highest BCUT2D eigenvalue weighted by Crippen LogP contribution is 2.54. The summed E-state index contributed by atoms with van der Waals surface area (Å²) in [6.07, 6.45) is 0. The molecule has 0 fully saturated rings. The molecule has 0 saturated carbocycles. The summed E-state index contributed by atoms with van der Waals surface area (Å²) < 4.78 is 2.31. The molecule has 0 spiro atoms. The van der Waals surface area contributed by atoms with Crippen molar-refractivity contribution in [2.45, 2.75) is 0 Å². The van der Waals surface area contributed by atoms with Crippen molar-refractivity contribution in [3.05, 3.63) is 182 Å². The summed E-state index contributed by atoms with van der Waals surface area (Å²) in [6, 6.07) is 65.4. The van der Waals surface area contributed by atoms with Gasteiger partial charge in [0.2, 0.25) is 0 Å². The van der Waals surface area contributed by atoms with Crippen molar-refractivity contribution in [2.24, 2.45) is 0 Å². The zero-order valence-electron chi connectivity index (χ0n) is 29.1. The van der Waals surface area contributed by atoms with E-state index in [-0.39, 0.29) is 0 Å². The number of benzene rings is 9. The molecule has 4 heteroatoms. The first-order valence-electron chi connectivity index (χ1n) is 18.4. The first-order chi connectivity index (χ1) is 26.8. The summed E-state index contributed by atoms with van der Waals surface area (Å²) in [7, 11) is 0. The van der Waals surface area contributed by atoms with Crippen LogP contribution in [0.1, 0.15) is 0 Å². The van der Waals surface area contributed by atoms with Gasteiger partial charge in [0, 0.05) is 38.1 Å². The quantitative estimate of drug-likeness (QED) is 0.185. The molecular weight excluding hydrogens is 657 g/mol. The maximum absolute atomic E-state index is 5.48. The molecule has 2 aromatic heterocycles. The summed E-state index contributed by atoms with van der Waals surface area (Å²) >= 11 is 0. The monoisotopic (exact) mass is 686 g/mol. The Kier molecular flexibility index (Phi) is 6.02. The van der Waals surface area contributed by atoms with Crippen LogP contribution in [0.15, 0.2) is 182 Å².